The number of amides is 1. The molecule has 0 N–H and O–H groups in total. The molecular weight excluding hydrogens is 396 g/mol. The van der Waals surface area contributed by atoms with Crippen LogP contribution in [0.5, 0.6) is 0 Å². The fourth-order valence-corrected chi connectivity index (χ4v) is 5.65. The maximum atomic E-state index is 12.7. The summed E-state index contributed by atoms with van der Waals surface area (Å²) in [6.07, 6.45) is 5.13. The molecular formula is C19H32N4O3S2. The van der Waals surface area contributed by atoms with Crippen molar-refractivity contribution in [3.63, 3.8) is 0 Å². The van der Waals surface area contributed by atoms with Crippen molar-refractivity contribution >= 4 is 27.3 Å². The summed E-state index contributed by atoms with van der Waals surface area (Å²) in [4.78, 5) is 21.2. The average Bonchev–Trinajstić information content (AvgIpc) is 3.14. The van der Waals surface area contributed by atoms with E-state index in [0.717, 1.165) is 55.6 Å². The monoisotopic (exact) mass is 428 g/mol. The van der Waals surface area contributed by atoms with Gasteiger partial charge in [0.1, 0.15) is 0 Å². The Morgan fingerprint density at radius 2 is 1.71 bits per heavy atom. The fraction of sp³-hybridized carbons (Fsp3) is 0.737. The zero-order valence-corrected chi connectivity index (χ0v) is 18.6. The van der Waals surface area contributed by atoms with E-state index in [0.29, 0.717) is 13.1 Å². The Morgan fingerprint density at radius 1 is 1.04 bits per heavy atom. The van der Waals surface area contributed by atoms with E-state index in [4.69, 9.17) is 0 Å². The van der Waals surface area contributed by atoms with Gasteiger partial charge in [0.25, 0.3) is 5.91 Å². The molecule has 2 saturated heterocycles. The van der Waals surface area contributed by atoms with E-state index in [2.05, 4.69) is 9.80 Å². The van der Waals surface area contributed by atoms with Crippen molar-refractivity contribution in [2.75, 3.05) is 65.7 Å². The molecule has 1 aromatic rings. The normalized spacial score (nSPS) is 20.4. The van der Waals surface area contributed by atoms with Crippen molar-refractivity contribution in [1.29, 1.82) is 0 Å². The number of hydrogen-bond acceptors (Lipinski definition) is 6. The maximum absolute atomic E-state index is 12.7. The Balaban J connectivity index is 1.46. The highest BCUT2D eigenvalue weighted by Crippen LogP contribution is 2.21. The van der Waals surface area contributed by atoms with E-state index in [1.165, 1.54) is 29.8 Å². The van der Waals surface area contributed by atoms with Crippen LogP contribution >= 0.6 is 11.3 Å². The van der Waals surface area contributed by atoms with Crippen molar-refractivity contribution in [2.24, 2.45) is 0 Å². The molecule has 0 radical (unpaired) electrons. The lowest BCUT2D eigenvalue weighted by atomic mass is 10.1. The molecule has 2 aliphatic heterocycles. The quantitative estimate of drug-likeness (QED) is 0.657. The summed E-state index contributed by atoms with van der Waals surface area (Å²) in [5, 5.41) is 0. The smallest absolute Gasteiger partial charge is 0.263 e. The standard InChI is InChI=1S/C19H32N4O3S2/c1-20(10-11-21-8-4-3-5-9-21)19(24)18-7-6-17(27-18)16-22-12-14-23(15-13-22)28(2,25)26/h6-7H,3-5,8-16H2,1-2H3. The molecule has 0 aliphatic carbocycles. The number of carbonyl (C=O) groups excluding carboxylic acids is 1. The van der Waals surface area contributed by atoms with Crippen LogP contribution in [0.1, 0.15) is 33.8 Å². The minimum Gasteiger partial charge on any atom is -0.340 e. The third-order valence-corrected chi connectivity index (χ3v) is 7.96. The van der Waals surface area contributed by atoms with Crippen molar-refractivity contribution in [3.8, 4) is 0 Å². The molecule has 2 aliphatic rings. The third-order valence-electron chi connectivity index (χ3n) is 5.60. The first-order valence-electron chi connectivity index (χ1n) is 10.1. The number of thiophene rings is 1. The van der Waals surface area contributed by atoms with Gasteiger partial charge in [0.2, 0.25) is 10.0 Å². The molecule has 0 aromatic carbocycles. The highest BCUT2D eigenvalue weighted by atomic mass is 32.2. The number of nitrogens with zero attached hydrogens (tertiary/aromatic N) is 4. The number of likely N-dealkylation sites (tertiary alicyclic amines) is 1. The van der Waals surface area contributed by atoms with E-state index < -0.39 is 10.0 Å². The van der Waals surface area contributed by atoms with Gasteiger partial charge in [-0.15, -0.1) is 11.3 Å². The first-order valence-corrected chi connectivity index (χ1v) is 12.7. The predicted octanol–water partition coefficient (Wildman–Crippen LogP) is 1.38. The summed E-state index contributed by atoms with van der Waals surface area (Å²) in [5.41, 5.74) is 0. The van der Waals surface area contributed by atoms with E-state index >= 15 is 0 Å². The number of carbonyl (C=O) groups is 1. The van der Waals surface area contributed by atoms with Crippen molar-refractivity contribution < 1.29 is 13.2 Å². The third kappa shape index (κ3) is 6.00. The van der Waals surface area contributed by atoms with Crippen molar-refractivity contribution in [3.05, 3.63) is 21.9 Å². The van der Waals surface area contributed by atoms with Gasteiger partial charge in [0.05, 0.1) is 11.1 Å². The number of sulfonamides is 1. The molecule has 1 aromatic heterocycles. The molecule has 7 nitrogen and oxygen atoms in total. The first-order chi connectivity index (χ1) is 13.3. The van der Waals surface area contributed by atoms with Gasteiger partial charge in [0, 0.05) is 57.7 Å². The Bertz CT molecular complexity index is 751. The summed E-state index contributed by atoms with van der Waals surface area (Å²) >= 11 is 1.55. The summed E-state index contributed by atoms with van der Waals surface area (Å²) in [6.45, 7) is 7.31. The Morgan fingerprint density at radius 3 is 2.36 bits per heavy atom. The summed E-state index contributed by atoms with van der Waals surface area (Å²) in [6, 6.07) is 3.95. The van der Waals surface area contributed by atoms with Crippen LogP contribution in [0.15, 0.2) is 12.1 Å². The van der Waals surface area contributed by atoms with Gasteiger partial charge in [-0.3, -0.25) is 9.69 Å². The predicted molar refractivity (Wildman–Crippen MR) is 113 cm³/mol. The lowest BCUT2D eigenvalue weighted by Crippen LogP contribution is -2.47. The van der Waals surface area contributed by atoms with Crippen LogP contribution in [0.2, 0.25) is 0 Å². The molecule has 0 unspecified atom stereocenters. The highest BCUT2D eigenvalue weighted by Gasteiger charge is 2.24. The molecule has 0 atom stereocenters. The first kappa shape index (κ1) is 21.7. The summed E-state index contributed by atoms with van der Waals surface area (Å²) < 4.78 is 24.8. The molecule has 3 heterocycles. The van der Waals surface area contributed by atoms with E-state index in [-0.39, 0.29) is 5.91 Å². The van der Waals surface area contributed by atoms with Crippen LogP contribution in [0.25, 0.3) is 0 Å². The fourth-order valence-electron chi connectivity index (χ4n) is 3.78. The van der Waals surface area contributed by atoms with Gasteiger partial charge >= 0.3 is 0 Å². The van der Waals surface area contributed by atoms with Crippen LogP contribution in [-0.2, 0) is 16.6 Å². The van der Waals surface area contributed by atoms with E-state index in [1.807, 2.05) is 24.1 Å². The Labute approximate surface area is 172 Å². The molecule has 28 heavy (non-hydrogen) atoms. The second-order valence-corrected chi connectivity index (χ2v) is 11.0. The number of hydrogen-bond donors (Lipinski definition) is 0. The van der Waals surface area contributed by atoms with Crippen molar-refractivity contribution in [1.82, 2.24) is 19.0 Å². The summed E-state index contributed by atoms with van der Waals surface area (Å²) in [7, 11) is -1.21. The molecule has 2 fully saturated rings. The molecule has 0 bridgehead atoms. The number of piperidine rings is 1. The van der Waals surface area contributed by atoms with Crippen LogP contribution in [0.4, 0.5) is 0 Å². The Hall–Kier alpha value is -1.00. The molecule has 1 amide bonds. The maximum Gasteiger partial charge on any atom is 0.263 e. The second kappa shape index (κ2) is 9.67. The SMILES string of the molecule is CN(CCN1CCCCC1)C(=O)c1ccc(CN2CCN(S(C)(=O)=O)CC2)s1. The largest absolute Gasteiger partial charge is 0.340 e. The molecule has 158 valence electrons. The molecule has 9 heteroatoms. The number of likely N-dealkylation sites (N-methyl/N-ethyl adjacent to an activating group) is 1. The zero-order valence-electron chi connectivity index (χ0n) is 17.0. The molecule has 0 spiro atoms. The second-order valence-electron chi connectivity index (χ2n) is 7.83. The van der Waals surface area contributed by atoms with Crippen LogP contribution in [-0.4, -0.2) is 99.0 Å². The zero-order chi connectivity index (χ0) is 20.1. The lowest BCUT2D eigenvalue weighted by Gasteiger charge is -2.32. The van der Waals surface area contributed by atoms with Gasteiger partial charge in [0.15, 0.2) is 0 Å². The lowest BCUT2D eigenvalue weighted by molar-refractivity contribution is 0.0777. The van der Waals surface area contributed by atoms with Gasteiger partial charge in [-0.05, 0) is 38.1 Å². The number of piperazine rings is 1. The van der Waals surface area contributed by atoms with E-state index in [1.54, 1.807) is 11.3 Å². The molecule has 3 rings (SSSR count). The minimum atomic E-state index is -3.10. The van der Waals surface area contributed by atoms with Crippen LogP contribution in [0.3, 0.4) is 0 Å². The van der Waals surface area contributed by atoms with E-state index in [9.17, 15) is 13.2 Å². The summed E-state index contributed by atoms with van der Waals surface area (Å²) in [5.74, 6) is 0.0927. The van der Waals surface area contributed by atoms with Crippen molar-refractivity contribution in [2.45, 2.75) is 25.8 Å². The Kier molecular flexibility index (Phi) is 7.49. The van der Waals surface area contributed by atoms with Crippen LogP contribution < -0.4 is 0 Å². The van der Waals surface area contributed by atoms with Gasteiger partial charge in [-0.2, -0.15) is 4.31 Å². The topological polar surface area (TPSA) is 64.2 Å². The number of rotatable bonds is 7. The molecule has 0 saturated carbocycles. The minimum absolute atomic E-state index is 0.0927. The van der Waals surface area contributed by atoms with Gasteiger partial charge in [-0.1, -0.05) is 6.42 Å². The van der Waals surface area contributed by atoms with Gasteiger partial charge in [-0.25, -0.2) is 8.42 Å². The van der Waals surface area contributed by atoms with Gasteiger partial charge < -0.3 is 9.80 Å². The highest BCUT2D eigenvalue weighted by molar-refractivity contribution is 7.88. The van der Waals surface area contributed by atoms with Crippen LogP contribution in [0, 0.1) is 0 Å². The average molecular weight is 429 g/mol.